The van der Waals surface area contributed by atoms with Crippen LogP contribution in [0, 0.1) is 0 Å². The Morgan fingerprint density at radius 3 is 2.73 bits per heavy atom. The number of rotatable bonds is 2. The number of carbonyl (C=O) groups is 1. The molecule has 0 spiro atoms. The molecule has 0 aromatic heterocycles. The van der Waals surface area contributed by atoms with Crippen molar-refractivity contribution < 1.29 is 9.53 Å². The van der Waals surface area contributed by atoms with Crippen molar-refractivity contribution in [1.82, 2.24) is 0 Å². The van der Waals surface area contributed by atoms with E-state index in [4.69, 9.17) is 4.74 Å². The van der Waals surface area contributed by atoms with Gasteiger partial charge in [-0.1, -0.05) is 15.9 Å². The molecule has 0 aliphatic carbocycles. The fourth-order valence-corrected chi connectivity index (χ4v) is 1.80. The monoisotopic (exact) mass is 269 g/mol. The summed E-state index contributed by atoms with van der Waals surface area (Å²) in [5.74, 6) is -0.0465. The minimum Gasteiger partial charge on any atom is -0.368 e. The summed E-state index contributed by atoms with van der Waals surface area (Å²) in [6.07, 6.45) is 1.52. The van der Waals surface area contributed by atoms with Gasteiger partial charge in [0.2, 0.25) is 0 Å². The summed E-state index contributed by atoms with van der Waals surface area (Å²) in [5, 5.41) is 2.83. The Morgan fingerprint density at radius 1 is 1.40 bits per heavy atom. The molecule has 4 heteroatoms. The van der Waals surface area contributed by atoms with E-state index >= 15 is 0 Å². The molecule has 1 aromatic carbocycles. The highest BCUT2D eigenvalue weighted by molar-refractivity contribution is 9.10. The van der Waals surface area contributed by atoms with Crippen molar-refractivity contribution in [1.29, 1.82) is 0 Å². The number of hydrogen-bond donors (Lipinski definition) is 1. The lowest BCUT2D eigenvalue weighted by molar-refractivity contribution is -0.124. The van der Waals surface area contributed by atoms with Gasteiger partial charge in [-0.15, -0.1) is 0 Å². The zero-order chi connectivity index (χ0) is 10.7. The number of nitrogens with one attached hydrogen (secondary N) is 1. The van der Waals surface area contributed by atoms with E-state index in [9.17, 15) is 4.79 Å². The van der Waals surface area contributed by atoms with Gasteiger partial charge in [0, 0.05) is 16.8 Å². The van der Waals surface area contributed by atoms with Crippen LogP contribution in [0.2, 0.25) is 0 Å². The fourth-order valence-electron chi connectivity index (χ4n) is 1.54. The van der Waals surface area contributed by atoms with Crippen LogP contribution in [0.15, 0.2) is 28.7 Å². The Balaban J connectivity index is 1.96. The molecule has 1 saturated heterocycles. The van der Waals surface area contributed by atoms with Crippen LogP contribution in [0.1, 0.15) is 12.8 Å². The van der Waals surface area contributed by atoms with Crippen molar-refractivity contribution in [3.05, 3.63) is 28.7 Å². The van der Waals surface area contributed by atoms with Crippen molar-refractivity contribution in [3.8, 4) is 0 Å². The Morgan fingerprint density at radius 2 is 2.13 bits per heavy atom. The van der Waals surface area contributed by atoms with Crippen LogP contribution in [0.4, 0.5) is 5.69 Å². The number of halogens is 1. The molecule has 1 N–H and O–H groups in total. The molecule has 1 aliphatic rings. The molecule has 0 bridgehead atoms. The molecule has 1 aromatic rings. The van der Waals surface area contributed by atoms with Gasteiger partial charge in [-0.3, -0.25) is 4.79 Å². The highest BCUT2D eigenvalue weighted by Gasteiger charge is 2.23. The second-order valence-electron chi connectivity index (χ2n) is 3.50. The third-order valence-electron chi connectivity index (χ3n) is 2.33. The maximum absolute atomic E-state index is 11.7. The van der Waals surface area contributed by atoms with Gasteiger partial charge in [-0.2, -0.15) is 0 Å². The second-order valence-corrected chi connectivity index (χ2v) is 4.41. The summed E-state index contributed by atoms with van der Waals surface area (Å²) in [4.78, 5) is 11.7. The first-order valence-corrected chi connectivity index (χ1v) is 5.73. The number of benzene rings is 1. The molecular weight excluding hydrogens is 258 g/mol. The normalized spacial score (nSPS) is 20.2. The molecule has 1 atom stereocenters. The average Bonchev–Trinajstić information content (AvgIpc) is 2.74. The Hall–Kier alpha value is -0.870. The van der Waals surface area contributed by atoms with Gasteiger partial charge in [0.15, 0.2) is 0 Å². The summed E-state index contributed by atoms with van der Waals surface area (Å²) in [7, 11) is 0. The van der Waals surface area contributed by atoms with Crippen molar-refractivity contribution in [3.63, 3.8) is 0 Å². The quantitative estimate of drug-likeness (QED) is 0.896. The first kappa shape index (κ1) is 10.6. The minimum absolute atomic E-state index is 0.0465. The molecule has 2 rings (SSSR count). The van der Waals surface area contributed by atoms with Crippen LogP contribution in [0.5, 0.6) is 0 Å². The second kappa shape index (κ2) is 4.77. The zero-order valence-electron chi connectivity index (χ0n) is 8.20. The van der Waals surface area contributed by atoms with Crippen LogP contribution in [0.25, 0.3) is 0 Å². The molecule has 3 nitrogen and oxygen atoms in total. The summed E-state index contributed by atoms with van der Waals surface area (Å²) in [5.41, 5.74) is 0.804. The lowest BCUT2D eigenvalue weighted by Crippen LogP contribution is -2.26. The van der Waals surface area contributed by atoms with Crippen molar-refractivity contribution >= 4 is 27.5 Å². The summed E-state index contributed by atoms with van der Waals surface area (Å²) in [6.45, 7) is 0.693. The van der Waals surface area contributed by atoms with Gasteiger partial charge >= 0.3 is 0 Å². The largest absolute Gasteiger partial charge is 0.368 e. The van der Waals surface area contributed by atoms with Crippen molar-refractivity contribution in [2.45, 2.75) is 18.9 Å². The molecule has 0 saturated carbocycles. The van der Waals surface area contributed by atoms with Gasteiger partial charge in [0.05, 0.1) is 0 Å². The predicted octanol–water partition coefficient (Wildman–Crippen LogP) is 2.57. The zero-order valence-corrected chi connectivity index (χ0v) is 9.79. The first-order chi connectivity index (χ1) is 7.25. The van der Waals surface area contributed by atoms with Gasteiger partial charge in [0.1, 0.15) is 6.10 Å². The van der Waals surface area contributed by atoms with E-state index in [0.29, 0.717) is 6.61 Å². The van der Waals surface area contributed by atoms with Gasteiger partial charge in [-0.25, -0.2) is 0 Å². The summed E-state index contributed by atoms with van der Waals surface area (Å²) < 4.78 is 6.29. The Kier molecular flexibility index (Phi) is 3.38. The molecule has 0 radical (unpaired) electrons. The SMILES string of the molecule is O=C(Nc1ccc(Br)cc1)C1CCCO1. The molecular formula is C11H12BrNO2. The minimum atomic E-state index is -0.270. The van der Waals surface area contributed by atoms with Crippen LogP contribution in [-0.4, -0.2) is 18.6 Å². The third-order valence-corrected chi connectivity index (χ3v) is 2.86. The summed E-state index contributed by atoms with van der Waals surface area (Å²) in [6, 6.07) is 7.50. The number of amides is 1. The molecule has 1 heterocycles. The lowest BCUT2D eigenvalue weighted by atomic mass is 10.2. The topological polar surface area (TPSA) is 38.3 Å². The molecule has 1 aliphatic heterocycles. The third kappa shape index (κ3) is 2.79. The number of anilines is 1. The standard InChI is InChI=1S/C11H12BrNO2/c12-8-3-5-9(6-4-8)13-11(14)10-2-1-7-15-10/h3-6,10H,1-2,7H2,(H,13,14). The van der Waals surface area contributed by atoms with Crippen molar-refractivity contribution in [2.24, 2.45) is 0 Å². The smallest absolute Gasteiger partial charge is 0.253 e. The highest BCUT2D eigenvalue weighted by Crippen LogP contribution is 2.17. The van der Waals surface area contributed by atoms with Crippen molar-refractivity contribution in [2.75, 3.05) is 11.9 Å². The maximum atomic E-state index is 11.7. The van der Waals surface area contributed by atoms with E-state index in [2.05, 4.69) is 21.2 Å². The van der Waals surface area contributed by atoms with E-state index in [1.165, 1.54) is 0 Å². The van der Waals surface area contributed by atoms with E-state index in [-0.39, 0.29) is 12.0 Å². The number of carbonyl (C=O) groups excluding carboxylic acids is 1. The predicted molar refractivity (Wildman–Crippen MR) is 61.7 cm³/mol. The van der Waals surface area contributed by atoms with Crippen LogP contribution in [0.3, 0.4) is 0 Å². The van der Waals surface area contributed by atoms with Crippen LogP contribution < -0.4 is 5.32 Å². The number of ether oxygens (including phenoxy) is 1. The highest BCUT2D eigenvalue weighted by atomic mass is 79.9. The van der Waals surface area contributed by atoms with Crippen LogP contribution >= 0.6 is 15.9 Å². The number of hydrogen-bond acceptors (Lipinski definition) is 2. The van der Waals surface area contributed by atoms with Crippen LogP contribution in [-0.2, 0) is 9.53 Å². The fraction of sp³-hybridized carbons (Fsp3) is 0.364. The van der Waals surface area contributed by atoms with E-state index < -0.39 is 0 Å². The summed E-state index contributed by atoms with van der Waals surface area (Å²) >= 11 is 3.34. The molecule has 1 unspecified atom stereocenters. The van der Waals surface area contributed by atoms with E-state index in [1.807, 2.05) is 24.3 Å². The molecule has 15 heavy (non-hydrogen) atoms. The Bertz CT molecular complexity index is 344. The molecule has 1 fully saturated rings. The van der Waals surface area contributed by atoms with Gasteiger partial charge in [0.25, 0.3) is 5.91 Å². The molecule has 80 valence electrons. The van der Waals surface area contributed by atoms with Gasteiger partial charge < -0.3 is 10.1 Å². The van der Waals surface area contributed by atoms with E-state index in [0.717, 1.165) is 23.0 Å². The molecule has 1 amide bonds. The van der Waals surface area contributed by atoms with E-state index in [1.54, 1.807) is 0 Å². The maximum Gasteiger partial charge on any atom is 0.253 e. The Labute approximate surface area is 96.9 Å². The van der Waals surface area contributed by atoms with Gasteiger partial charge in [-0.05, 0) is 37.1 Å². The first-order valence-electron chi connectivity index (χ1n) is 4.94. The average molecular weight is 270 g/mol. The lowest BCUT2D eigenvalue weighted by Gasteiger charge is -2.10.